The van der Waals surface area contributed by atoms with Crippen LogP contribution in [0.25, 0.3) is 6.08 Å². The molecule has 1 saturated heterocycles. The van der Waals surface area contributed by atoms with Crippen LogP contribution in [-0.4, -0.2) is 36.0 Å². The molecule has 1 fully saturated rings. The number of aryl methyl sites for hydroxylation is 1. The number of rotatable bonds is 9. The molecule has 2 N–H and O–H groups in total. The summed E-state index contributed by atoms with van der Waals surface area (Å²) in [5.41, 5.74) is 3.18. The number of urea groups is 1. The van der Waals surface area contributed by atoms with Gasteiger partial charge in [-0.3, -0.25) is 14.9 Å². The van der Waals surface area contributed by atoms with E-state index in [4.69, 9.17) is 14.6 Å². The van der Waals surface area contributed by atoms with E-state index in [-0.39, 0.29) is 17.7 Å². The highest BCUT2D eigenvalue weighted by Gasteiger charge is 2.36. The van der Waals surface area contributed by atoms with Gasteiger partial charge in [-0.15, -0.1) is 6.58 Å². The normalized spacial score (nSPS) is 14.3. The molecule has 1 aliphatic rings. The van der Waals surface area contributed by atoms with E-state index in [2.05, 4.69) is 11.9 Å². The van der Waals surface area contributed by atoms with Gasteiger partial charge in [0.1, 0.15) is 12.2 Å². The van der Waals surface area contributed by atoms with Crippen LogP contribution in [-0.2, 0) is 22.6 Å². The molecule has 198 valence electrons. The van der Waals surface area contributed by atoms with Crippen LogP contribution >= 0.6 is 0 Å². The fourth-order valence-electron chi connectivity index (χ4n) is 4.04. The zero-order valence-corrected chi connectivity index (χ0v) is 21.4. The first-order valence-electron chi connectivity index (χ1n) is 12.0. The van der Waals surface area contributed by atoms with Crippen molar-refractivity contribution in [2.24, 2.45) is 0 Å². The van der Waals surface area contributed by atoms with Crippen molar-refractivity contribution in [3.8, 4) is 11.5 Å². The zero-order chi connectivity index (χ0) is 28.1. The van der Waals surface area contributed by atoms with Crippen LogP contribution in [0.5, 0.6) is 11.5 Å². The number of hydrogen-bond acceptors (Lipinski definition) is 6. The summed E-state index contributed by atoms with van der Waals surface area (Å²) in [6.07, 6.45) is 3.47. The number of carboxylic acid groups (broad SMARTS) is 1. The van der Waals surface area contributed by atoms with Gasteiger partial charge in [0, 0.05) is 5.56 Å². The molecule has 3 aromatic carbocycles. The van der Waals surface area contributed by atoms with E-state index in [0.29, 0.717) is 34.7 Å². The largest absolute Gasteiger partial charge is 0.493 e. The third-order valence-electron chi connectivity index (χ3n) is 6.03. The number of carbonyl (C=O) groups is 4. The number of ether oxygens (including phenoxy) is 2. The molecule has 0 spiro atoms. The van der Waals surface area contributed by atoms with Crippen molar-refractivity contribution in [2.45, 2.75) is 20.0 Å². The van der Waals surface area contributed by atoms with Crippen molar-refractivity contribution in [3.05, 3.63) is 107 Å². The van der Waals surface area contributed by atoms with E-state index in [1.165, 1.54) is 25.3 Å². The maximum absolute atomic E-state index is 13.3. The molecule has 9 heteroatoms. The second-order valence-corrected chi connectivity index (χ2v) is 8.79. The summed E-state index contributed by atoms with van der Waals surface area (Å²) in [6, 6.07) is 15.7. The molecule has 0 saturated carbocycles. The Balaban J connectivity index is 1.66. The number of hydrogen-bond donors (Lipinski definition) is 2. The van der Waals surface area contributed by atoms with Crippen molar-refractivity contribution in [2.75, 3.05) is 12.0 Å². The molecule has 9 nitrogen and oxygen atoms in total. The number of nitrogens with zero attached hydrogens (tertiary/aromatic N) is 1. The molecule has 4 amide bonds. The minimum absolute atomic E-state index is 0.148. The number of benzene rings is 3. The molecule has 0 radical (unpaired) electrons. The van der Waals surface area contributed by atoms with Gasteiger partial charge in [-0.1, -0.05) is 35.9 Å². The Morgan fingerprint density at radius 2 is 1.74 bits per heavy atom. The van der Waals surface area contributed by atoms with E-state index in [9.17, 15) is 19.2 Å². The summed E-state index contributed by atoms with van der Waals surface area (Å²) < 4.78 is 11.6. The highest BCUT2D eigenvalue weighted by Crippen LogP contribution is 2.35. The average Bonchev–Trinajstić information content (AvgIpc) is 2.91. The molecule has 1 aliphatic heterocycles. The topological polar surface area (TPSA) is 122 Å². The lowest BCUT2D eigenvalue weighted by Gasteiger charge is -2.26. The Morgan fingerprint density at radius 1 is 1.05 bits per heavy atom. The fraction of sp³-hybridized carbons (Fsp3) is 0.133. The molecule has 39 heavy (non-hydrogen) atoms. The SMILES string of the molecule is C=CCc1cc(/C=C2\C(=O)NC(=O)N(c3ccc(C)cc3)C2=O)cc(OC)c1OCc1ccc(C(=O)O)cc1. The third kappa shape index (κ3) is 5.88. The van der Waals surface area contributed by atoms with Crippen LogP contribution in [0, 0.1) is 6.92 Å². The number of amides is 4. The second-order valence-electron chi connectivity index (χ2n) is 8.79. The van der Waals surface area contributed by atoms with Crippen molar-refractivity contribution in [1.82, 2.24) is 5.32 Å². The van der Waals surface area contributed by atoms with Crippen molar-refractivity contribution < 1.29 is 33.8 Å². The zero-order valence-electron chi connectivity index (χ0n) is 21.4. The summed E-state index contributed by atoms with van der Waals surface area (Å²) in [6.45, 7) is 5.83. The predicted octanol–water partition coefficient (Wildman–Crippen LogP) is 4.68. The molecule has 0 unspecified atom stereocenters. The van der Waals surface area contributed by atoms with Crippen LogP contribution in [0.15, 0.2) is 78.9 Å². The summed E-state index contributed by atoms with van der Waals surface area (Å²) >= 11 is 0. The molecular formula is C30H26N2O7. The highest BCUT2D eigenvalue weighted by atomic mass is 16.5. The Bertz CT molecular complexity index is 1490. The first-order valence-corrected chi connectivity index (χ1v) is 12.0. The molecule has 0 aromatic heterocycles. The minimum Gasteiger partial charge on any atom is -0.493 e. The van der Waals surface area contributed by atoms with Gasteiger partial charge in [0.05, 0.1) is 18.4 Å². The van der Waals surface area contributed by atoms with Gasteiger partial charge in [-0.25, -0.2) is 14.5 Å². The number of imide groups is 2. The number of methoxy groups -OCH3 is 1. The van der Waals surface area contributed by atoms with Crippen LogP contribution < -0.4 is 19.7 Å². The quantitative estimate of drug-likeness (QED) is 0.236. The maximum Gasteiger partial charge on any atom is 0.335 e. The van der Waals surface area contributed by atoms with Gasteiger partial charge in [0.25, 0.3) is 11.8 Å². The Labute approximate surface area is 225 Å². The second kappa shape index (κ2) is 11.5. The molecule has 3 aromatic rings. The molecule has 0 bridgehead atoms. The molecule has 4 rings (SSSR count). The van der Waals surface area contributed by atoms with E-state index in [1.807, 2.05) is 6.92 Å². The van der Waals surface area contributed by atoms with Crippen molar-refractivity contribution in [1.29, 1.82) is 0 Å². The summed E-state index contributed by atoms with van der Waals surface area (Å²) in [5, 5.41) is 11.3. The first kappa shape index (κ1) is 26.9. The minimum atomic E-state index is -1.02. The fourth-order valence-corrected chi connectivity index (χ4v) is 4.04. The molecule has 0 atom stereocenters. The van der Waals surface area contributed by atoms with E-state index < -0.39 is 23.8 Å². The number of aromatic carboxylic acids is 1. The summed E-state index contributed by atoms with van der Waals surface area (Å²) in [7, 11) is 1.47. The maximum atomic E-state index is 13.3. The van der Waals surface area contributed by atoms with Gasteiger partial charge in [-0.05, 0) is 66.9 Å². The van der Waals surface area contributed by atoms with E-state index in [0.717, 1.165) is 16.0 Å². The monoisotopic (exact) mass is 526 g/mol. The van der Waals surface area contributed by atoms with Crippen LogP contribution in [0.4, 0.5) is 10.5 Å². The average molecular weight is 527 g/mol. The van der Waals surface area contributed by atoms with Crippen LogP contribution in [0.2, 0.25) is 0 Å². The number of barbiturate groups is 1. The van der Waals surface area contributed by atoms with Gasteiger partial charge in [0.2, 0.25) is 0 Å². The summed E-state index contributed by atoms with van der Waals surface area (Å²) in [4.78, 5) is 50.4. The van der Waals surface area contributed by atoms with Gasteiger partial charge in [0.15, 0.2) is 11.5 Å². The number of carbonyl (C=O) groups excluding carboxylic acids is 3. The van der Waals surface area contributed by atoms with Crippen molar-refractivity contribution in [3.63, 3.8) is 0 Å². The Hall–Kier alpha value is -5.18. The smallest absolute Gasteiger partial charge is 0.335 e. The van der Waals surface area contributed by atoms with Crippen molar-refractivity contribution >= 4 is 35.6 Å². The van der Waals surface area contributed by atoms with E-state index in [1.54, 1.807) is 54.6 Å². The number of anilines is 1. The van der Waals surface area contributed by atoms with E-state index >= 15 is 0 Å². The lowest BCUT2D eigenvalue weighted by atomic mass is 10.0. The van der Waals surface area contributed by atoms with Crippen LogP contribution in [0.3, 0.4) is 0 Å². The number of carboxylic acids is 1. The summed E-state index contributed by atoms with van der Waals surface area (Å²) in [5.74, 6) is -1.76. The molecule has 0 aliphatic carbocycles. The molecule has 1 heterocycles. The predicted molar refractivity (Wildman–Crippen MR) is 145 cm³/mol. The lowest BCUT2D eigenvalue weighted by molar-refractivity contribution is -0.122. The first-order chi connectivity index (χ1) is 18.7. The third-order valence-corrected chi connectivity index (χ3v) is 6.03. The van der Waals surface area contributed by atoms with Gasteiger partial charge >= 0.3 is 12.0 Å². The highest BCUT2D eigenvalue weighted by molar-refractivity contribution is 6.39. The van der Waals surface area contributed by atoms with Crippen LogP contribution in [0.1, 0.15) is 32.6 Å². The standard InChI is InChI=1S/C30H26N2O7/c1-4-5-22-14-20(16-25(38-3)26(22)39-17-19-8-10-21(11-9-19)29(35)36)15-24-27(33)31-30(37)32(28(24)34)23-12-6-18(2)7-13-23/h4,6-16H,1,5,17H2,2-3H3,(H,35,36)(H,31,33,37)/b24-15+. The Kier molecular flexibility index (Phi) is 7.90. The molecular weight excluding hydrogens is 500 g/mol. The number of nitrogens with one attached hydrogen (secondary N) is 1. The van der Waals surface area contributed by atoms with Gasteiger partial charge in [-0.2, -0.15) is 0 Å². The van der Waals surface area contributed by atoms with Gasteiger partial charge < -0.3 is 14.6 Å². The lowest BCUT2D eigenvalue weighted by Crippen LogP contribution is -2.54. The Morgan fingerprint density at radius 3 is 2.36 bits per heavy atom. The number of allylic oxidation sites excluding steroid dienone is 1.